The number of benzene rings is 2. The lowest BCUT2D eigenvalue weighted by molar-refractivity contribution is 0.0969. The molecule has 0 amide bonds. The molecule has 3 heterocycles. The van der Waals surface area contributed by atoms with Gasteiger partial charge in [0.1, 0.15) is 5.75 Å². The number of anilines is 2. The Morgan fingerprint density at radius 1 is 1.03 bits per heavy atom. The van der Waals surface area contributed by atoms with E-state index in [2.05, 4.69) is 0 Å². The molecule has 0 atom stereocenters. The van der Waals surface area contributed by atoms with Crippen LogP contribution in [0.4, 0.5) is 11.6 Å². The number of aryl methyl sites for hydroxylation is 2. The largest absolute Gasteiger partial charge is 0.494 e. The Kier molecular flexibility index (Phi) is 5.53. The van der Waals surface area contributed by atoms with E-state index in [1.807, 2.05) is 46.7 Å². The second-order valence-corrected chi connectivity index (χ2v) is 8.19. The summed E-state index contributed by atoms with van der Waals surface area (Å²) in [4.78, 5) is 46.0. The maximum Gasteiger partial charge on any atom is 0.332 e. The molecule has 0 N–H and O–H groups in total. The fourth-order valence-electron chi connectivity index (χ4n) is 4.40. The molecule has 0 aliphatic carbocycles. The number of hydrogen-bond donors (Lipinski definition) is 0. The SMILES string of the molecule is CCOc1ccc(N2CCCn3c2nc2c3c(=O)n(CC(=O)c3ccccc3)c(=O)n2C)cc1. The van der Waals surface area contributed by atoms with Gasteiger partial charge in [-0.3, -0.25) is 18.7 Å². The first-order valence-electron chi connectivity index (χ1n) is 11.3. The summed E-state index contributed by atoms with van der Waals surface area (Å²) in [6.45, 7) is 3.53. The van der Waals surface area contributed by atoms with Gasteiger partial charge in [-0.05, 0) is 37.6 Å². The highest BCUT2D eigenvalue weighted by Crippen LogP contribution is 2.31. The van der Waals surface area contributed by atoms with Crippen molar-refractivity contribution in [3.05, 3.63) is 81.0 Å². The van der Waals surface area contributed by atoms with Gasteiger partial charge >= 0.3 is 5.69 Å². The summed E-state index contributed by atoms with van der Waals surface area (Å²) in [6.07, 6.45) is 0.802. The van der Waals surface area contributed by atoms with Gasteiger partial charge in [0.25, 0.3) is 5.56 Å². The van der Waals surface area contributed by atoms with E-state index in [1.165, 1.54) is 4.57 Å². The van der Waals surface area contributed by atoms with Crippen LogP contribution in [0, 0.1) is 0 Å². The number of carbonyl (C=O) groups is 1. The van der Waals surface area contributed by atoms with Crippen LogP contribution >= 0.6 is 0 Å². The van der Waals surface area contributed by atoms with Crippen molar-refractivity contribution in [1.82, 2.24) is 18.7 Å². The lowest BCUT2D eigenvalue weighted by Gasteiger charge is -2.29. The first kappa shape index (κ1) is 21.7. The molecule has 4 aromatic rings. The lowest BCUT2D eigenvalue weighted by atomic mass is 10.1. The van der Waals surface area contributed by atoms with E-state index in [4.69, 9.17) is 9.72 Å². The Morgan fingerprint density at radius 3 is 2.47 bits per heavy atom. The second-order valence-electron chi connectivity index (χ2n) is 8.19. The molecule has 0 fully saturated rings. The van der Waals surface area contributed by atoms with Crippen molar-refractivity contribution in [3.63, 3.8) is 0 Å². The molecule has 174 valence electrons. The van der Waals surface area contributed by atoms with Crippen molar-refractivity contribution in [3.8, 4) is 5.75 Å². The van der Waals surface area contributed by atoms with E-state index in [9.17, 15) is 14.4 Å². The van der Waals surface area contributed by atoms with Crippen LogP contribution in [0.25, 0.3) is 11.2 Å². The molecule has 0 saturated carbocycles. The second kappa shape index (κ2) is 8.66. The summed E-state index contributed by atoms with van der Waals surface area (Å²) >= 11 is 0. The van der Waals surface area contributed by atoms with Gasteiger partial charge in [-0.2, -0.15) is 4.98 Å². The van der Waals surface area contributed by atoms with Gasteiger partial charge in [0, 0.05) is 31.4 Å². The van der Waals surface area contributed by atoms with E-state index in [0.29, 0.717) is 35.8 Å². The third-order valence-electron chi connectivity index (χ3n) is 6.07. The summed E-state index contributed by atoms with van der Waals surface area (Å²) in [5.41, 5.74) is 0.942. The van der Waals surface area contributed by atoms with Crippen LogP contribution in [0.2, 0.25) is 0 Å². The average Bonchev–Trinajstić information content (AvgIpc) is 3.26. The molecule has 1 aliphatic rings. The zero-order chi connectivity index (χ0) is 23.8. The standard InChI is InChI=1S/C25H25N5O4/c1-3-34-19-12-10-18(11-13-19)28-14-7-15-29-21-22(26-24(28)29)27(2)25(33)30(23(21)32)16-20(31)17-8-5-4-6-9-17/h4-6,8-13H,3,7,14-16H2,1-2H3. The molecular weight excluding hydrogens is 434 g/mol. The first-order valence-corrected chi connectivity index (χ1v) is 11.3. The third-order valence-corrected chi connectivity index (χ3v) is 6.07. The fraction of sp³-hybridized carbons (Fsp3) is 0.280. The van der Waals surface area contributed by atoms with Gasteiger partial charge < -0.3 is 14.2 Å². The van der Waals surface area contributed by atoms with E-state index in [0.717, 1.165) is 29.0 Å². The summed E-state index contributed by atoms with van der Waals surface area (Å²) in [5, 5.41) is 0. The third kappa shape index (κ3) is 3.59. The molecule has 0 unspecified atom stereocenters. The van der Waals surface area contributed by atoms with E-state index >= 15 is 0 Å². The minimum absolute atomic E-state index is 0.298. The minimum Gasteiger partial charge on any atom is -0.494 e. The van der Waals surface area contributed by atoms with E-state index in [-0.39, 0.29) is 12.3 Å². The quantitative estimate of drug-likeness (QED) is 0.412. The number of aromatic nitrogens is 4. The van der Waals surface area contributed by atoms with Crippen LogP contribution in [0.1, 0.15) is 23.7 Å². The van der Waals surface area contributed by atoms with Crippen LogP contribution in [0.5, 0.6) is 5.75 Å². The Hall–Kier alpha value is -4.14. The summed E-state index contributed by atoms with van der Waals surface area (Å²) in [6, 6.07) is 16.4. The van der Waals surface area contributed by atoms with Gasteiger partial charge in [-0.1, -0.05) is 30.3 Å². The predicted octanol–water partition coefficient (Wildman–Crippen LogP) is 2.72. The smallest absolute Gasteiger partial charge is 0.332 e. The highest BCUT2D eigenvalue weighted by molar-refractivity contribution is 5.96. The molecule has 5 rings (SSSR count). The Balaban J connectivity index is 1.60. The van der Waals surface area contributed by atoms with Gasteiger partial charge in [-0.25, -0.2) is 4.79 Å². The zero-order valence-electron chi connectivity index (χ0n) is 19.1. The Bertz CT molecular complexity index is 1480. The van der Waals surface area contributed by atoms with Crippen LogP contribution in [0.3, 0.4) is 0 Å². The van der Waals surface area contributed by atoms with E-state index < -0.39 is 11.2 Å². The molecule has 2 aromatic heterocycles. The molecule has 0 bridgehead atoms. The highest BCUT2D eigenvalue weighted by atomic mass is 16.5. The lowest BCUT2D eigenvalue weighted by Crippen LogP contribution is -2.41. The molecule has 0 radical (unpaired) electrons. The molecule has 0 saturated heterocycles. The van der Waals surface area contributed by atoms with Crippen molar-refractivity contribution in [2.75, 3.05) is 18.1 Å². The van der Waals surface area contributed by atoms with Crippen LogP contribution < -0.4 is 20.9 Å². The molecule has 9 heteroatoms. The minimum atomic E-state index is -0.565. The number of hydrogen-bond acceptors (Lipinski definition) is 6. The number of carbonyl (C=O) groups excluding carboxylic acids is 1. The molecule has 9 nitrogen and oxygen atoms in total. The average molecular weight is 460 g/mol. The van der Waals surface area contributed by atoms with Gasteiger partial charge in [0.2, 0.25) is 5.95 Å². The van der Waals surface area contributed by atoms with Crippen molar-refractivity contribution in [2.24, 2.45) is 7.05 Å². The van der Waals surface area contributed by atoms with Crippen molar-refractivity contribution in [2.45, 2.75) is 26.4 Å². The van der Waals surface area contributed by atoms with Crippen LogP contribution in [-0.4, -0.2) is 37.6 Å². The molecule has 2 aromatic carbocycles. The zero-order valence-corrected chi connectivity index (χ0v) is 19.1. The first-order chi connectivity index (χ1) is 16.5. The summed E-state index contributed by atoms with van der Waals surface area (Å²) < 4.78 is 9.73. The molecule has 0 spiro atoms. The number of rotatable bonds is 6. The number of Topliss-reactive ketones (excluding diaryl/α,β-unsaturated/α-hetero) is 1. The predicted molar refractivity (Wildman–Crippen MR) is 129 cm³/mol. The number of fused-ring (bicyclic) bond motifs is 3. The van der Waals surface area contributed by atoms with Crippen LogP contribution in [0.15, 0.2) is 64.2 Å². The maximum absolute atomic E-state index is 13.5. The maximum atomic E-state index is 13.5. The summed E-state index contributed by atoms with van der Waals surface area (Å²) in [7, 11) is 1.58. The Labute approximate surface area is 195 Å². The van der Waals surface area contributed by atoms with Gasteiger partial charge in [0.15, 0.2) is 16.9 Å². The van der Waals surface area contributed by atoms with Gasteiger partial charge in [-0.15, -0.1) is 0 Å². The van der Waals surface area contributed by atoms with Crippen LogP contribution in [-0.2, 0) is 20.1 Å². The summed E-state index contributed by atoms with van der Waals surface area (Å²) in [5.74, 6) is 1.09. The van der Waals surface area contributed by atoms with E-state index in [1.54, 1.807) is 31.3 Å². The van der Waals surface area contributed by atoms with Crippen molar-refractivity contribution < 1.29 is 9.53 Å². The Morgan fingerprint density at radius 2 is 1.76 bits per heavy atom. The normalized spacial score (nSPS) is 13.2. The number of ketones is 1. The number of nitrogens with zero attached hydrogens (tertiary/aromatic N) is 5. The van der Waals surface area contributed by atoms with Gasteiger partial charge in [0.05, 0.1) is 13.2 Å². The molecule has 1 aliphatic heterocycles. The van der Waals surface area contributed by atoms with Crippen molar-refractivity contribution >= 4 is 28.6 Å². The monoisotopic (exact) mass is 459 g/mol. The molecule has 34 heavy (non-hydrogen) atoms. The highest BCUT2D eigenvalue weighted by Gasteiger charge is 2.27. The van der Waals surface area contributed by atoms with Crippen molar-refractivity contribution in [1.29, 1.82) is 0 Å². The fourth-order valence-corrected chi connectivity index (χ4v) is 4.40. The number of ether oxygens (including phenoxy) is 1. The molecular formula is C25H25N5O4. The topological polar surface area (TPSA) is 91.4 Å². The number of imidazole rings is 1.